The van der Waals surface area contributed by atoms with Gasteiger partial charge in [-0.1, -0.05) is 17.7 Å². The number of benzene rings is 1. The van der Waals surface area contributed by atoms with Crippen molar-refractivity contribution in [2.24, 2.45) is 0 Å². The molecule has 0 radical (unpaired) electrons. The maximum absolute atomic E-state index is 13.1. The van der Waals surface area contributed by atoms with E-state index in [4.69, 9.17) is 11.6 Å². The van der Waals surface area contributed by atoms with Gasteiger partial charge >= 0.3 is 0 Å². The van der Waals surface area contributed by atoms with Crippen LogP contribution in [0.15, 0.2) is 48.7 Å². The predicted octanol–water partition coefficient (Wildman–Crippen LogP) is 4.09. The Labute approximate surface area is 137 Å². The number of pyridine rings is 1. The molecule has 2 heterocycles. The van der Waals surface area contributed by atoms with Crippen molar-refractivity contribution in [3.8, 4) is 0 Å². The lowest BCUT2D eigenvalue weighted by Crippen LogP contribution is -2.09. The summed E-state index contributed by atoms with van der Waals surface area (Å²) in [4.78, 5) is 16.2. The molecule has 3 rings (SSSR count). The summed E-state index contributed by atoms with van der Waals surface area (Å²) < 4.78 is 14.8. The van der Waals surface area contributed by atoms with E-state index in [0.717, 1.165) is 0 Å². The van der Waals surface area contributed by atoms with Crippen LogP contribution < -0.4 is 5.32 Å². The fourth-order valence-corrected chi connectivity index (χ4v) is 2.47. The van der Waals surface area contributed by atoms with Crippen LogP contribution in [0.4, 0.5) is 10.1 Å². The van der Waals surface area contributed by atoms with Gasteiger partial charge in [0, 0.05) is 18.0 Å². The minimum absolute atomic E-state index is 0.318. The second-order valence-electron chi connectivity index (χ2n) is 5.00. The van der Waals surface area contributed by atoms with Gasteiger partial charge in [-0.3, -0.25) is 9.20 Å². The van der Waals surface area contributed by atoms with Crippen molar-refractivity contribution < 1.29 is 9.18 Å². The van der Waals surface area contributed by atoms with E-state index in [-0.39, 0.29) is 11.7 Å². The number of aryl methyl sites for hydroxylation is 1. The quantitative estimate of drug-likeness (QED) is 0.736. The molecule has 0 spiro atoms. The minimum atomic E-state index is -0.339. The third-order valence-electron chi connectivity index (χ3n) is 3.36. The number of carbonyl (C=O) groups excluding carboxylic acids is 1. The van der Waals surface area contributed by atoms with E-state index in [1.54, 1.807) is 17.4 Å². The molecule has 0 saturated heterocycles. The van der Waals surface area contributed by atoms with E-state index in [9.17, 15) is 9.18 Å². The molecule has 6 heteroatoms. The number of halogens is 2. The van der Waals surface area contributed by atoms with Gasteiger partial charge < -0.3 is 5.32 Å². The van der Waals surface area contributed by atoms with Crippen molar-refractivity contribution in [2.75, 3.05) is 5.32 Å². The molecule has 2 aromatic heterocycles. The molecule has 3 aromatic rings. The van der Waals surface area contributed by atoms with Gasteiger partial charge in [-0.25, -0.2) is 9.37 Å². The molecule has 0 aliphatic carbocycles. The van der Waals surface area contributed by atoms with Crippen molar-refractivity contribution >= 4 is 34.9 Å². The Balaban J connectivity index is 1.81. The Morgan fingerprint density at radius 1 is 1.35 bits per heavy atom. The number of nitrogens with one attached hydrogen (secondary N) is 1. The number of amides is 1. The van der Waals surface area contributed by atoms with E-state index in [1.807, 2.05) is 24.4 Å². The van der Waals surface area contributed by atoms with Crippen LogP contribution in [0.1, 0.15) is 11.3 Å². The zero-order valence-corrected chi connectivity index (χ0v) is 13.0. The summed E-state index contributed by atoms with van der Waals surface area (Å²) in [7, 11) is 0. The van der Waals surface area contributed by atoms with Crippen LogP contribution in [0.5, 0.6) is 0 Å². The number of rotatable bonds is 3. The van der Waals surface area contributed by atoms with Crippen molar-refractivity contribution in [3.63, 3.8) is 0 Å². The first kappa shape index (κ1) is 15.2. The normalized spacial score (nSPS) is 11.3. The second-order valence-corrected chi connectivity index (χ2v) is 5.36. The minimum Gasteiger partial charge on any atom is -0.322 e. The monoisotopic (exact) mass is 329 g/mol. The van der Waals surface area contributed by atoms with Crippen LogP contribution in [-0.4, -0.2) is 15.3 Å². The highest BCUT2D eigenvalue weighted by atomic mass is 35.5. The van der Waals surface area contributed by atoms with Crippen LogP contribution in [0.2, 0.25) is 5.15 Å². The molecule has 1 amide bonds. The zero-order valence-electron chi connectivity index (χ0n) is 12.3. The predicted molar refractivity (Wildman–Crippen MR) is 89.0 cm³/mol. The number of imidazole rings is 1. The number of anilines is 1. The molecule has 0 aliphatic rings. The van der Waals surface area contributed by atoms with Crippen molar-refractivity contribution in [1.82, 2.24) is 9.38 Å². The van der Waals surface area contributed by atoms with Gasteiger partial charge in [0.1, 0.15) is 11.5 Å². The van der Waals surface area contributed by atoms with E-state index >= 15 is 0 Å². The molecule has 116 valence electrons. The molecule has 4 nitrogen and oxygen atoms in total. The number of hydrogen-bond acceptors (Lipinski definition) is 2. The van der Waals surface area contributed by atoms with Gasteiger partial charge in [-0.2, -0.15) is 0 Å². The van der Waals surface area contributed by atoms with E-state index in [2.05, 4.69) is 10.3 Å². The SMILES string of the molecule is Cc1cc(F)ccc1NC(=O)/C=C/c1c(Cl)nc2ccccn12. The lowest BCUT2D eigenvalue weighted by molar-refractivity contribution is -0.111. The topological polar surface area (TPSA) is 46.4 Å². The van der Waals surface area contributed by atoms with Crippen LogP contribution in [0, 0.1) is 12.7 Å². The molecular formula is C17H13ClFN3O. The highest BCUT2D eigenvalue weighted by Crippen LogP contribution is 2.19. The molecule has 0 unspecified atom stereocenters. The van der Waals surface area contributed by atoms with Crippen molar-refractivity contribution in [1.29, 1.82) is 0 Å². The fraction of sp³-hybridized carbons (Fsp3) is 0.0588. The third-order valence-corrected chi connectivity index (χ3v) is 3.64. The summed E-state index contributed by atoms with van der Waals surface area (Å²) in [5.41, 5.74) is 2.53. The highest BCUT2D eigenvalue weighted by Gasteiger charge is 2.08. The molecule has 0 aliphatic heterocycles. The summed E-state index contributed by atoms with van der Waals surface area (Å²) in [5.74, 6) is -0.671. The lowest BCUT2D eigenvalue weighted by atomic mass is 10.2. The number of aromatic nitrogens is 2. The van der Waals surface area contributed by atoms with Gasteiger partial charge in [0.15, 0.2) is 5.15 Å². The molecule has 0 fully saturated rings. The number of nitrogens with zero attached hydrogens (tertiary/aromatic N) is 2. The first-order valence-corrected chi connectivity index (χ1v) is 7.30. The smallest absolute Gasteiger partial charge is 0.248 e. The summed E-state index contributed by atoms with van der Waals surface area (Å²) >= 11 is 6.10. The summed E-state index contributed by atoms with van der Waals surface area (Å²) in [6.07, 6.45) is 4.78. The van der Waals surface area contributed by atoms with Crippen LogP contribution in [0.3, 0.4) is 0 Å². The second kappa shape index (κ2) is 6.22. The maximum Gasteiger partial charge on any atom is 0.248 e. The Morgan fingerprint density at radius 3 is 2.96 bits per heavy atom. The summed E-state index contributed by atoms with van der Waals surface area (Å²) in [6.45, 7) is 1.73. The average molecular weight is 330 g/mol. The molecular weight excluding hydrogens is 317 g/mol. The van der Waals surface area contributed by atoms with E-state index < -0.39 is 0 Å². The molecule has 0 atom stereocenters. The first-order chi connectivity index (χ1) is 11.0. The number of hydrogen-bond donors (Lipinski definition) is 1. The Kier molecular flexibility index (Phi) is 4.12. The average Bonchev–Trinajstić information content (AvgIpc) is 2.83. The van der Waals surface area contributed by atoms with Gasteiger partial charge in [0.2, 0.25) is 5.91 Å². The van der Waals surface area contributed by atoms with Gasteiger partial charge in [0.05, 0.1) is 5.69 Å². The molecule has 23 heavy (non-hydrogen) atoms. The number of fused-ring (bicyclic) bond motifs is 1. The van der Waals surface area contributed by atoms with E-state index in [0.29, 0.717) is 27.7 Å². The van der Waals surface area contributed by atoms with Crippen LogP contribution in [0.25, 0.3) is 11.7 Å². The summed E-state index contributed by atoms with van der Waals surface area (Å²) in [6, 6.07) is 9.72. The summed E-state index contributed by atoms with van der Waals surface area (Å²) in [5, 5.41) is 3.02. The zero-order chi connectivity index (χ0) is 16.4. The van der Waals surface area contributed by atoms with Crippen molar-refractivity contribution in [3.05, 3.63) is 70.9 Å². The largest absolute Gasteiger partial charge is 0.322 e. The Bertz CT molecular complexity index is 917. The molecule has 0 bridgehead atoms. The van der Waals surface area contributed by atoms with Crippen molar-refractivity contribution in [2.45, 2.75) is 6.92 Å². The number of carbonyl (C=O) groups is 1. The first-order valence-electron chi connectivity index (χ1n) is 6.92. The lowest BCUT2D eigenvalue weighted by Gasteiger charge is -2.06. The Morgan fingerprint density at radius 2 is 2.17 bits per heavy atom. The molecule has 0 saturated carbocycles. The molecule has 1 aromatic carbocycles. The maximum atomic E-state index is 13.1. The standard InChI is InChI=1S/C17H13ClFN3O/c1-11-10-12(19)5-6-13(11)20-16(23)8-7-14-17(18)21-15-4-2-3-9-22(14)15/h2-10H,1H3,(H,20,23)/b8-7+. The van der Waals surface area contributed by atoms with E-state index in [1.165, 1.54) is 24.3 Å². The van der Waals surface area contributed by atoms with Crippen LogP contribution >= 0.6 is 11.6 Å². The van der Waals surface area contributed by atoms with Gasteiger partial charge in [-0.15, -0.1) is 0 Å². The third kappa shape index (κ3) is 3.24. The molecule has 1 N–H and O–H groups in total. The fourth-order valence-electron chi connectivity index (χ4n) is 2.23. The van der Waals surface area contributed by atoms with Crippen LogP contribution in [-0.2, 0) is 4.79 Å². The Hall–Kier alpha value is -2.66. The van der Waals surface area contributed by atoms with Gasteiger partial charge in [0.25, 0.3) is 0 Å². The highest BCUT2D eigenvalue weighted by molar-refractivity contribution is 6.31. The van der Waals surface area contributed by atoms with Gasteiger partial charge in [-0.05, 0) is 48.9 Å².